The summed E-state index contributed by atoms with van der Waals surface area (Å²) in [6, 6.07) is 5.56. The molecule has 2 rings (SSSR count). The van der Waals surface area contributed by atoms with Crippen LogP contribution in [-0.2, 0) is 0 Å². The van der Waals surface area contributed by atoms with Gasteiger partial charge in [0, 0.05) is 6.21 Å². The Labute approximate surface area is 121 Å². The van der Waals surface area contributed by atoms with Crippen LogP contribution in [0.5, 0.6) is 0 Å². The van der Waals surface area contributed by atoms with Gasteiger partial charge in [-0.1, -0.05) is 24.3 Å². The van der Waals surface area contributed by atoms with Crippen molar-refractivity contribution in [3.8, 4) is 18.2 Å². The Balaban J connectivity index is 2.33. The molecule has 0 atom stereocenters. The zero-order valence-electron chi connectivity index (χ0n) is 11.0. The highest BCUT2D eigenvalue weighted by Crippen LogP contribution is 2.20. The van der Waals surface area contributed by atoms with E-state index in [2.05, 4.69) is 10.1 Å². The highest BCUT2D eigenvalue weighted by atomic mass is 15.3. The Morgan fingerprint density at radius 2 is 2.10 bits per heavy atom. The van der Waals surface area contributed by atoms with E-state index in [9.17, 15) is 0 Å². The van der Waals surface area contributed by atoms with Crippen molar-refractivity contribution < 1.29 is 0 Å². The minimum Gasteiger partial charge on any atom is -0.238 e. The van der Waals surface area contributed by atoms with Crippen LogP contribution < -0.4 is 0 Å². The number of hydrogen-bond acceptors (Lipinski definition) is 5. The Bertz CT molecular complexity index is 757. The van der Waals surface area contributed by atoms with Gasteiger partial charge < -0.3 is 0 Å². The lowest BCUT2D eigenvalue weighted by Gasteiger charge is -1.99. The maximum atomic E-state index is 9.11. The number of nitrogens with zero attached hydrogens (tertiary/aromatic N) is 6. The van der Waals surface area contributed by atoms with Gasteiger partial charge in [-0.05, 0) is 12.5 Å². The summed E-state index contributed by atoms with van der Waals surface area (Å²) in [7, 11) is 0. The van der Waals surface area contributed by atoms with Crippen molar-refractivity contribution in [1.82, 2.24) is 9.78 Å². The summed E-state index contributed by atoms with van der Waals surface area (Å²) in [6.45, 7) is 0. The van der Waals surface area contributed by atoms with Gasteiger partial charge in [-0.2, -0.15) is 15.8 Å². The maximum absolute atomic E-state index is 9.11. The Morgan fingerprint density at radius 3 is 2.81 bits per heavy atom. The molecular weight excluding hydrogens is 264 g/mol. The molecule has 0 aromatic carbocycles. The average molecular weight is 274 g/mol. The normalized spacial score (nSPS) is 13.5. The Hall–Kier alpha value is -3.43. The summed E-state index contributed by atoms with van der Waals surface area (Å²) in [4.78, 5) is 3.97. The number of rotatable bonds is 3. The van der Waals surface area contributed by atoms with E-state index < -0.39 is 5.92 Å². The molecule has 0 amide bonds. The molecule has 0 bridgehead atoms. The first kappa shape index (κ1) is 14.0. The zero-order valence-corrected chi connectivity index (χ0v) is 11.0. The van der Waals surface area contributed by atoms with Gasteiger partial charge >= 0.3 is 0 Å². The van der Waals surface area contributed by atoms with E-state index in [-0.39, 0.29) is 11.4 Å². The fourth-order valence-electron chi connectivity index (χ4n) is 1.65. The number of aliphatic imine (C=N–C) groups is 1. The lowest BCUT2D eigenvalue weighted by Crippen LogP contribution is -1.95. The van der Waals surface area contributed by atoms with Crippen molar-refractivity contribution in [3.63, 3.8) is 0 Å². The van der Waals surface area contributed by atoms with E-state index in [4.69, 9.17) is 15.8 Å². The van der Waals surface area contributed by atoms with Crippen LogP contribution in [0.2, 0.25) is 0 Å². The summed E-state index contributed by atoms with van der Waals surface area (Å²) in [5.41, 5.74) is 1.11. The van der Waals surface area contributed by atoms with E-state index in [0.717, 1.165) is 12.1 Å². The molecule has 1 aromatic heterocycles. The highest BCUT2D eigenvalue weighted by Gasteiger charge is 2.10. The lowest BCUT2D eigenvalue weighted by atomic mass is 10.2. The molecule has 1 aliphatic rings. The Kier molecular flexibility index (Phi) is 4.43. The molecule has 0 fully saturated rings. The lowest BCUT2D eigenvalue weighted by molar-refractivity contribution is 0.906. The standard InChI is InChI=1S/C15H10N6/c16-7-12(8-17)10-19-15-13(9-18)11-21(20-15)14-5-3-1-2-4-6-14/h1-3,5-6,10-12H,4H2. The molecule has 6 heteroatoms. The summed E-state index contributed by atoms with van der Waals surface area (Å²) in [6.07, 6.45) is 13.2. The number of aromatic nitrogens is 2. The van der Waals surface area contributed by atoms with Gasteiger partial charge in [-0.3, -0.25) is 0 Å². The highest BCUT2D eigenvalue weighted by molar-refractivity contribution is 5.72. The van der Waals surface area contributed by atoms with Crippen LogP contribution in [0, 0.1) is 39.9 Å². The second kappa shape index (κ2) is 6.65. The first-order valence-corrected chi connectivity index (χ1v) is 6.15. The van der Waals surface area contributed by atoms with Gasteiger partial charge in [-0.25, -0.2) is 9.67 Å². The molecular formula is C15H10N6. The molecule has 21 heavy (non-hydrogen) atoms. The number of hydrogen-bond donors (Lipinski definition) is 0. The van der Waals surface area contributed by atoms with Gasteiger partial charge in [0.05, 0.1) is 24.0 Å². The summed E-state index contributed by atoms with van der Waals surface area (Å²) >= 11 is 0. The minimum atomic E-state index is -0.956. The fraction of sp³-hybridized carbons (Fsp3) is 0.133. The van der Waals surface area contributed by atoms with Gasteiger partial charge in [0.2, 0.25) is 0 Å². The third-order valence-electron chi connectivity index (χ3n) is 2.68. The van der Waals surface area contributed by atoms with Crippen LogP contribution in [0.4, 0.5) is 5.82 Å². The van der Waals surface area contributed by atoms with Crippen molar-refractivity contribution in [2.75, 3.05) is 0 Å². The molecule has 0 N–H and O–H groups in total. The molecule has 1 aromatic rings. The average Bonchev–Trinajstić information content (AvgIpc) is 2.73. The molecule has 0 saturated heterocycles. The molecule has 1 heterocycles. The number of allylic oxidation sites excluding steroid dienone is 6. The third kappa shape index (κ3) is 3.32. The van der Waals surface area contributed by atoms with E-state index in [1.165, 1.54) is 6.21 Å². The maximum Gasteiger partial charge on any atom is 0.191 e. The van der Waals surface area contributed by atoms with E-state index in [1.54, 1.807) is 23.0 Å². The van der Waals surface area contributed by atoms with Crippen LogP contribution in [0.3, 0.4) is 0 Å². The first-order valence-electron chi connectivity index (χ1n) is 6.15. The van der Waals surface area contributed by atoms with Crippen LogP contribution in [0.1, 0.15) is 12.0 Å². The van der Waals surface area contributed by atoms with Crippen molar-refractivity contribution >= 4 is 17.7 Å². The number of nitriles is 3. The molecule has 0 radical (unpaired) electrons. The van der Waals surface area contributed by atoms with Gasteiger partial charge in [0.1, 0.15) is 11.6 Å². The van der Waals surface area contributed by atoms with Gasteiger partial charge in [0.25, 0.3) is 0 Å². The minimum absolute atomic E-state index is 0.194. The monoisotopic (exact) mass is 274 g/mol. The quantitative estimate of drug-likeness (QED) is 0.790. The largest absolute Gasteiger partial charge is 0.238 e. The molecule has 6 nitrogen and oxygen atoms in total. The second-order valence-corrected chi connectivity index (χ2v) is 4.09. The molecule has 0 unspecified atom stereocenters. The van der Waals surface area contributed by atoms with Crippen LogP contribution in [0.25, 0.3) is 5.70 Å². The first-order chi connectivity index (χ1) is 10.3. The molecule has 0 spiro atoms. The van der Waals surface area contributed by atoms with Crippen LogP contribution in [0.15, 0.2) is 41.6 Å². The zero-order chi connectivity index (χ0) is 15.1. The predicted octanol–water partition coefficient (Wildman–Crippen LogP) is 2.48. The van der Waals surface area contributed by atoms with Crippen LogP contribution in [-0.4, -0.2) is 16.0 Å². The summed E-state index contributed by atoms with van der Waals surface area (Å²) in [5.74, 6) is -0.762. The van der Waals surface area contributed by atoms with E-state index in [1.807, 2.05) is 36.4 Å². The third-order valence-corrected chi connectivity index (χ3v) is 2.68. The Morgan fingerprint density at radius 1 is 1.29 bits per heavy atom. The molecule has 0 saturated carbocycles. The van der Waals surface area contributed by atoms with Crippen molar-refractivity contribution in [3.05, 3.63) is 42.1 Å². The second-order valence-electron chi connectivity index (χ2n) is 4.09. The van der Waals surface area contributed by atoms with Gasteiger partial charge in [0.15, 0.2) is 11.7 Å². The molecule has 100 valence electrons. The van der Waals surface area contributed by atoms with Crippen LogP contribution >= 0.6 is 0 Å². The predicted molar refractivity (Wildman–Crippen MR) is 77.0 cm³/mol. The van der Waals surface area contributed by atoms with E-state index >= 15 is 0 Å². The topological polar surface area (TPSA) is 102 Å². The smallest absolute Gasteiger partial charge is 0.191 e. The SMILES string of the molecule is N#Cc1cn(C2=CCC=CC=C2)nc1N=CC(C#N)C#N. The van der Waals surface area contributed by atoms with Crippen molar-refractivity contribution in [2.24, 2.45) is 10.9 Å². The molecule has 0 aliphatic heterocycles. The van der Waals surface area contributed by atoms with Gasteiger partial charge in [-0.15, -0.1) is 5.10 Å². The molecule has 1 aliphatic carbocycles. The van der Waals surface area contributed by atoms with E-state index in [0.29, 0.717) is 0 Å². The van der Waals surface area contributed by atoms with Crippen molar-refractivity contribution in [2.45, 2.75) is 6.42 Å². The summed E-state index contributed by atoms with van der Waals surface area (Å²) in [5, 5.41) is 30.7. The van der Waals surface area contributed by atoms with Crippen molar-refractivity contribution in [1.29, 1.82) is 15.8 Å². The summed E-state index contributed by atoms with van der Waals surface area (Å²) < 4.78 is 1.56. The fourth-order valence-corrected chi connectivity index (χ4v) is 1.65.